The van der Waals surface area contributed by atoms with Crippen LogP contribution in [0.4, 0.5) is 17.1 Å². The third kappa shape index (κ3) is 4.76. The average molecular weight is 806 g/mol. The largest absolute Gasteiger partial charge is 0.310 e. The quantitative estimate of drug-likeness (QED) is 0.170. The Bertz CT molecular complexity index is 3300. The Hall–Kier alpha value is -7.39. The number of fused-ring (bicyclic) bond motifs is 14. The van der Waals surface area contributed by atoms with Crippen LogP contribution in [0.5, 0.6) is 0 Å². The van der Waals surface area contributed by atoms with E-state index in [1.54, 1.807) is 0 Å². The van der Waals surface area contributed by atoms with Gasteiger partial charge in [0.25, 0.3) is 0 Å². The highest BCUT2D eigenvalue weighted by Gasteiger charge is 2.51. The lowest BCUT2D eigenvalue weighted by Crippen LogP contribution is -2.32. The van der Waals surface area contributed by atoms with Gasteiger partial charge >= 0.3 is 0 Å². The number of hydrogen-bond acceptors (Lipinski definition) is 2. The summed E-state index contributed by atoms with van der Waals surface area (Å²) in [4.78, 5) is 5.06. The van der Waals surface area contributed by atoms with Crippen molar-refractivity contribution in [3.05, 3.63) is 281 Å². The predicted molar refractivity (Wildman–Crippen MR) is 257 cm³/mol. The molecule has 0 N–H and O–H groups in total. The van der Waals surface area contributed by atoms with Gasteiger partial charge in [-0.2, -0.15) is 0 Å². The third-order valence-corrected chi connectivity index (χ3v) is 15.0. The lowest BCUT2D eigenvalue weighted by atomic mass is 9.67. The molecule has 1 aliphatic heterocycles. The van der Waals surface area contributed by atoms with E-state index >= 15 is 0 Å². The van der Waals surface area contributed by atoms with Gasteiger partial charge < -0.3 is 4.90 Å². The molecule has 0 atom stereocenters. The van der Waals surface area contributed by atoms with Crippen LogP contribution in [0.15, 0.2) is 246 Å². The molecule has 13 rings (SSSR count). The Morgan fingerprint density at radius 2 is 0.823 bits per heavy atom. The Labute approximate surface area is 366 Å². The highest BCUT2D eigenvalue weighted by molar-refractivity contribution is 7.99. The van der Waals surface area contributed by atoms with Crippen molar-refractivity contribution in [2.24, 2.45) is 0 Å². The lowest BCUT2D eigenvalue weighted by Gasteiger charge is -2.40. The van der Waals surface area contributed by atoms with Crippen molar-refractivity contribution in [2.75, 3.05) is 4.90 Å². The zero-order chi connectivity index (χ0) is 40.8. The molecular formula is C60H39NS. The summed E-state index contributed by atoms with van der Waals surface area (Å²) in [7, 11) is 0. The fourth-order valence-corrected chi connectivity index (χ4v) is 12.6. The minimum atomic E-state index is -0.499. The maximum Gasteiger partial charge on any atom is 0.0736 e. The van der Waals surface area contributed by atoms with Crippen LogP contribution in [0.1, 0.15) is 44.5 Å². The van der Waals surface area contributed by atoms with Crippen molar-refractivity contribution in [3.8, 4) is 22.3 Å². The van der Waals surface area contributed by atoms with Crippen LogP contribution in [0.2, 0.25) is 0 Å². The van der Waals surface area contributed by atoms with Gasteiger partial charge in [0.1, 0.15) is 0 Å². The van der Waals surface area contributed by atoms with Crippen molar-refractivity contribution in [1.82, 2.24) is 0 Å². The SMILES string of the molecule is c1ccc(N(c2ccc(C3(c4ccccc4)c4ccccc4-c4ccccc43)cc2)c2ccc3c(c2)C2(c4ccccc4Sc4ccccc42)c2ccc4ccccc4c2-3)cc1. The molecule has 10 aromatic rings. The molecule has 2 heteroatoms. The maximum absolute atomic E-state index is 2.50. The van der Waals surface area contributed by atoms with E-state index in [1.807, 2.05) is 11.8 Å². The lowest BCUT2D eigenvalue weighted by molar-refractivity contribution is 0.723. The molecule has 0 aromatic heterocycles. The number of para-hydroxylation sites is 1. The smallest absolute Gasteiger partial charge is 0.0736 e. The monoisotopic (exact) mass is 805 g/mol. The van der Waals surface area contributed by atoms with Crippen molar-refractivity contribution in [3.63, 3.8) is 0 Å². The second-order valence-electron chi connectivity index (χ2n) is 16.7. The highest BCUT2D eigenvalue weighted by atomic mass is 32.2. The van der Waals surface area contributed by atoms with E-state index in [-0.39, 0.29) is 0 Å². The summed E-state index contributed by atoms with van der Waals surface area (Å²) in [5.74, 6) is 0. The standard InChI is InChI=1S/C60H39NS/c1-3-18-41(19-4-1)59(50-25-11-9-23-47(50)48-24-10-12-26-51(48)59)42-32-34-44(35-33-42)61(43-20-5-2-6-21-43)45-36-37-49-55(39-45)60(54-38-31-40-17-7-8-22-46(40)58(49)54)52-27-13-15-29-56(52)62-57-30-16-14-28-53(57)60/h1-39H. The van der Waals surface area contributed by atoms with Gasteiger partial charge in [0.15, 0.2) is 0 Å². The van der Waals surface area contributed by atoms with E-state index in [9.17, 15) is 0 Å². The van der Waals surface area contributed by atoms with E-state index in [0.29, 0.717) is 0 Å². The Morgan fingerprint density at radius 3 is 1.50 bits per heavy atom. The zero-order valence-corrected chi connectivity index (χ0v) is 34.7. The summed E-state index contributed by atoms with van der Waals surface area (Å²) in [5.41, 5.74) is 18.1. The number of anilines is 3. The Morgan fingerprint density at radius 1 is 0.306 bits per heavy atom. The van der Waals surface area contributed by atoms with Crippen LogP contribution >= 0.6 is 11.8 Å². The number of benzene rings is 10. The number of rotatable bonds is 5. The molecule has 62 heavy (non-hydrogen) atoms. The van der Waals surface area contributed by atoms with E-state index in [0.717, 1.165) is 17.1 Å². The first-order valence-electron chi connectivity index (χ1n) is 21.5. The van der Waals surface area contributed by atoms with Gasteiger partial charge in [0.05, 0.1) is 10.8 Å². The Kier molecular flexibility index (Phi) is 7.74. The summed E-state index contributed by atoms with van der Waals surface area (Å²) in [6, 6.07) is 88.4. The number of nitrogens with zero attached hydrogens (tertiary/aromatic N) is 1. The molecule has 0 bridgehead atoms. The van der Waals surface area contributed by atoms with E-state index in [4.69, 9.17) is 0 Å². The molecule has 0 saturated carbocycles. The van der Waals surface area contributed by atoms with Gasteiger partial charge in [-0.15, -0.1) is 0 Å². The predicted octanol–water partition coefficient (Wildman–Crippen LogP) is 15.5. The molecule has 0 unspecified atom stereocenters. The Balaban J connectivity index is 1.05. The van der Waals surface area contributed by atoms with Crippen LogP contribution in [0, 0.1) is 0 Å². The molecule has 2 aliphatic carbocycles. The minimum absolute atomic E-state index is 0.459. The van der Waals surface area contributed by atoms with Gasteiger partial charge in [-0.25, -0.2) is 0 Å². The molecule has 1 nitrogen and oxygen atoms in total. The van der Waals surface area contributed by atoms with Gasteiger partial charge in [-0.3, -0.25) is 0 Å². The topological polar surface area (TPSA) is 3.24 Å². The van der Waals surface area contributed by atoms with Crippen molar-refractivity contribution in [2.45, 2.75) is 20.6 Å². The molecule has 1 spiro atoms. The summed E-state index contributed by atoms with van der Waals surface area (Å²) in [6.45, 7) is 0. The second kappa shape index (κ2) is 13.6. The first kappa shape index (κ1) is 35.4. The summed E-state index contributed by atoms with van der Waals surface area (Å²) < 4.78 is 0. The highest BCUT2D eigenvalue weighted by Crippen LogP contribution is 2.64. The fourth-order valence-electron chi connectivity index (χ4n) is 11.4. The van der Waals surface area contributed by atoms with Gasteiger partial charge in [-0.1, -0.05) is 200 Å². The van der Waals surface area contributed by atoms with Crippen LogP contribution in [0.3, 0.4) is 0 Å². The normalized spacial score (nSPS) is 14.3. The van der Waals surface area contributed by atoms with Gasteiger partial charge in [0.2, 0.25) is 0 Å². The van der Waals surface area contributed by atoms with Crippen molar-refractivity contribution >= 4 is 39.6 Å². The first-order chi connectivity index (χ1) is 30.8. The van der Waals surface area contributed by atoms with Gasteiger partial charge in [0, 0.05) is 26.9 Å². The molecule has 1 heterocycles. The molecule has 3 aliphatic rings. The molecule has 0 radical (unpaired) electrons. The van der Waals surface area contributed by atoms with Crippen LogP contribution < -0.4 is 4.90 Å². The maximum atomic E-state index is 2.50. The number of hydrogen-bond donors (Lipinski definition) is 0. The van der Waals surface area contributed by atoms with Crippen molar-refractivity contribution in [1.29, 1.82) is 0 Å². The molecule has 290 valence electrons. The summed E-state index contributed by atoms with van der Waals surface area (Å²) in [6.07, 6.45) is 0. The molecule has 0 fully saturated rings. The van der Waals surface area contributed by atoms with Crippen LogP contribution in [-0.4, -0.2) is 0 Å². The van der Waals surface area contributed by atoms with Crippen LogP contribution in [0.25, 0.3) is 33.0 Å². The summed E-state index contributed by atoms with van der Waals surface area (Å²) >= 11 is 1.89. The molecule has 0 amide bonds. The zero-order valence-electron chi connectivity index (χ0n) is 33.9. The first-order valence-corrected chi connectivity index (χ1v) is 22.3. The molecule has 0 saturated heterocycles. The van der Waals surface area contributed by atoms with E-state index in [2.05, 4.69) is 241 Å². The molecular weight excluding hydrogens is 767 g/mol. The van der Waals surface area contributed by atoms with E-state index < -0.39 is 10.8 Å². The summed E-state index contributed by atoms with van der Waals surface area (Å²) in [5, 5.41) is 2.55. The van der Waals surface area contributed by atoms with Gasteiger partial charge in [-0.05, 0) is 126 Å². The molecule has 10 aromatic carbocycles. The van der Waals surface area contributed by atoms with Crippen LogP contribution in [-0.2, 0) is 10.8 Å². The minimum Gasteiger partial charge on any atom is -0.310 e. The third-order valence-electron chi connectivity index (χ3n) is 13.8. The second-order valence-corrected chi connectivity index (χ2v) is 17.8. The average Bonchev–Trinajstić information content (AvgIpc) is 3.81. The van der Waals surface area contributed by atoms with Crippen molar-refractivity contribution < 1.29 is 0 Å². The van der Waals surface area contributed by atoms with E-state index in [1.165, 1.54) is 87.3 Å². The fraction of sp³-hybridized carbons (Fsp3) is 0.0333.